The van der Waals surface area contributed by atoms with Gasteiger partial charge in [-0.15, -0.1) is 0 Å². The third kappa shape index (κ3) is 6.09. The lowest BCUT2D eigenvalue weighted by Gasteiger charge is -2.20. The van der Waals surface area contributed by atoms with E-state index in [0.29, 0.717) is 0 Å². The molecule has 0 aromatic heterocycles. The van der Waals surface area contributed by atoms with Gasteiger partial charge < -0.3 is 5.32 Å². The largest absolute Gasteiger partial charge is 0.366 e. The van der Waals surface area contributed by atoms with Gasteiger partial charge in [0.1, 0.15) is 6.29 Å². The van der Waals surface area contributed by atoms with Crippen molar-refractivity contribution in [1.29, 1.82) is 0 Å². The van der Waals surface area contributed by atoms with Gasteiger partial charge in [0.05, 0.1) is 10.2 Å². The average molecular weight is 173 g/mol. The van der Waals surface area contributed by atoms with Gasteiger partial charge in [-0.05, 0) is 18.4 Å². The van der Waals surface area contributed by atoms with Crippen LogP contribution in [0.5, 0.6) is 0 Å². The number of hydrogen-bond acceptors (Lipinski definition) is 3. The predicted molar refractivity (Wildman–Crippen MR) is 53.4 cm³/mol. The normalized spacial score (nSPS) is 10.5. The minimum atomic E-state index is 0.190. The summed E-state index contributed by atoms with van der Waals surface area (Å²) < 4.78 is 0. The lowest BCUT2D eigenvalue weighted by atomic mass is 10.6. The third-order valence-corrected chi connectivity index (χ3v) is 1.50. The van der Waals surface area contributed by atoms with Gasteiger partial charge in [-0.3, -0.25) is 10.6 Å². The van der Waals surface area contributed by atoms with Gasteiger partial charge in [-0.2, -0.15) is 0 Å². The monoisotopic (exact) mass is 173 g/mol. The summed E-state index contributed by atoms with van der Waals surface area (Å²) in [5, 5.41) is 10.8. The molecule has 0 aromatic carbocycles. The van der Waals surface area contributed by atoms with Crippen LogP contribution < -0.4 is 16.0 Å². The van der Waals surface area contributed by atoms with E-state index >= 15 is 0 Å². The van der Waals surface area contributed by atoms with Gasteiger partial charge in [-0.1, -0.05) is 20.4 Å². The van der Waals surface area contributed by atoms with Gasteiger partial charge in [0.15, 0.2) is 0 Å². The van der Waals surface area contributed by atoms with Gasteiger partial charge in [0, 0.05) is 0 Å². The summed E-state index contributed by atoms with van der Waals surface area (Å²) in [6.07, 6.45) is 0.190. The van der Waals surface area contributed by atoms with Crippen molar-refractivity contribution in [1.82, 2.24) is 16.0 Å². The van der Waals surface area contributed by atoms with Crippen molar-refractivity contribution >= 4 is 10.2 Å². The quantitative estimate of drug-likeness (QED) is 0.353. The minimum Gasteiger partial charge on any atom is -0.366 e. The molecule has 0 rings (SSSR count). The van der Waals surface area contributed by atoms with Crippen molar-refractivity contribution in [2.24, 2.45) is 0 Å². The van der Waals surface area contributed by atoms with Gasteiger partial charge in [0.2, 0.25) is 0 Å². The molecule has 0 heterocycles. The van der Waals surface area contributed by atoms with Crippen molar-refractivity contribution in [3.63, 3.8) is 0 Å². The molecular weight excluding hydrogens is 154 g/mol. The van der Waals surface area contributed by atoms with E-state index in [0.717, 1.165) is 28.7 Å². The summed E-state index contributed by atoms with van der Waals surface area (Å²) in [6.45, 7) is 9.92. The van der Waals surface area contributed by atoms with Gasteiger partial charge in [-0.25, -0.2) is 0 Å². The van der Waals surface area contributed by atoms with E-state index in [9.17, 15) is 0 Å². The van der Waals surface area contributed by atoms with E-state index in [4.69, 9.17) is 0 Å². The van der Waals surface area contributed by atoms with Crippen molar-refractivity contribution in [3.05, 3.63) is 11.9 Å². The summed E-state index contributed by atoms with van der Waals surface area (Å²) in [5.41, 5.74) is 0. The maximum absolute atomic E-state index is 3.83. The summed E-state index contributed by atoms with van der Waals surface area (Å²) in [6, 6.07) is 0. The van der Waals surface area contributed by atoms with E-state index in [-0.39, 0.29) is 6.29 Å². The molecule has 0 bridgehead atoms. The number of rotatable bonds is 6. The molecule has 3 N–H and O–H groups in total. The van der Waals surface area contributed by atoms with Crippen LogP contribution >= 0.6 is 0 Å². The van der Waals surface area contributed by atoms with Crippen LogP contribution in [0.25, 0.3) is 0 Å². The second-order valence-electron chi connectivity index (χ2n) is 2.47. The fourth-order valence-electron chi connectivity index (χ4n) is 0.829. The first kappa shape index (κ1) is 10.7. The Kier molecular flexibility index (Phi) is 6.20. The van der Waals surface area contributed by atoms with Gasteiger partial charge >= 0.3 is 0 Å². The molecule has 3 nitrogen and oxygen atoms in total. The van der Waals surface area contributed by atoms with Crippen LogP contribution in [0.1, 0.15) is 13.8 Å². The topological polar surface area (TPSA) is 36.1 Å². The SMILES string of the molecule is C=C([SiH3])NC(NCC)NCC. The Hall–Kier alpha value is -0.323. The molecule has 0 fully saturated rings. The first-order valence-electron chi connectivity index (χ1n) is 4.09. The second kappa shape index (κ2) is 6.39. The molecule has 0 atom stereocenters. The van der Waals surface area contributed by atoms with Crippen molar-refractivity contribution in [3.8, 4) is 0 Å². The van der Waals surface area contributed by atoms with Crippen LogP contribution in [0.2, 0.25) is 0 Å². The fourth-order valence-corrected chi connectivity index (χ4v) is 1.12. The fraction of sp³-hybridized carbons (Fsp3) is 0.714. The molecular formula is C7H19N3Si. The Morgan fingerprint density at radius 1 is 1.36 bits per heavy atom. The van der Waals surface area contributed by atoms with E-state index < -0.39 is 0 Å². The molecule has 11 heavy (non-hydrogen) atoms. The first-order valence-corrected chi connectivity index (χ1v) is 5.09. The van der Waals surface area contributed by atoms with Gasteiger partial charge in [0.25, 0.3) is 0 Å². The summed E-state index contributed by atoms with van der Waals surface area (Å²) in [7, 11) is 0.996. The van der Waals surface area contributed by atoms with Crippen LogP contribution in [0.3, 0.4) is 0 Å². The highest BCUT2D eigenvalue weighted by atomic mass is 28.1. The maximum atomic E-state index is 3.83. The highest BCUT2D eigenvalue weighted by Gasteiger charge is 2.00. The van der Waals surface area contributed by atoms with Crippen LogP contribution in [0.4, 0.5) is 0 Å². The summed E-state index contributed by atoms with van der Waals surface area (Å²) in [5.74, 6) is 0. The molecule has 4 heteroatoms. The average Bonchev–Trinajstić information content (AvgIpc) is 1.87. The van der Waals surface area contributed by atoms with Crippen molar-refractivity contribution < 1.29 is 0 Å². The molecule has 0 aliphatic heterocycles. The van der Waals surface area contributed by atoms with Crippen LogP contribution in [-0.4, -0.2) is 29.6 Å². The van der Waals surface area contributed by atoms with Crippen LogP contribution in [0.15, 0.2) is 11.9 Å². The summed E-state index contributed by atoms with van der Waals surface area (Å²) >= 11 is 0. The molecule has 0 amide bonds. The maximum Gasteiger partial charge on any atom is 0.131 e. The van der Waals surface area contributed by atoms with E-state index in [1.165, 1.54) is 0 Å². The summed E-state index contributed by atoms with van der Waals surface area (Å²) in [4.78, 5) is 0. The standard InChI is InChI=1S/C7H19N3Si/c1-4-8-7(9-5-2)10-6(3)11/h7-10H,3-5H2,1-2,11H3. The molecule has 0 unspecified atom stereocenters. The molecule has 0 aromatic rings. The van der Waals surface area contributed by atoms with E-state index in [1.54, 1.807) is 0 Å². The van der Waals surface area contributed by atoms with Crippen LogP contribution in [0, 0.1) is 0 Å². The molecule has 0 spiro atoms. The highest BCUT2D eigenvalue weighted by molar-refractivity contribution is 6.20. The van der Waals surface area contributed by atoms with Crippen molar-refractivity contribution in [2.75, 3.05) is 13.1 Å². The third-order valence-electron chi connectivity index (χ3n) is 1.21. The molecule has 0 radical (unpaired) electrons. The zero-order valence-corrected chi connectivity index (χ0v) is 9.70. The Morgan fingerprint density at radius 2 is 1.82 bits per heavy atom. The smallest absolute Gasteiger partial charge is 0.131 e. The number of nitrogens with one attached hydrogen (secondary N) is 3. The van der Waals surface area contributed by atoms with Crippen molar-refractivity contribution in [2.45, 2.75) is 20.1 Å². The Bertz CT molecular complexity index is 110. The Labute approximate surface area is 72.1 Å². The van der Waals surface area contributed by atoms with E-state index in [1.807, 2.05) is 0 Å². The molecule has 0 saturated carbocycles. The zero-order chi connectivity index (χ0) is 8.69. The number of hydrogen-bond donors (Lipinski definition) is 3. The highest BCUT2D eigenvalue weighted by Crippen LogP contribution is 1.76. The predicted octanol–water partition coefficient (Wildman–Crippen LogP) is -1.08. The molecule has 66 valence electrons. The lowest BCUT2D eigenvalue weighted by Crippen LogP contribution is -2.52. The van der Waals surface area contributed by atoms with E-state index in [2.05, 4.69) is 36.4 Å². The first-order chi connectivity index (χ1) is 5.20. The minimum absolute atomic E-state index is 0.190. The molecule has 0 saturated heterocycles. The zero-order valence-electron chi connectivity index (χ0n) is 7.70. The molecule has 0 aliphatic carbocycles. The molecule has 0 aliphatic rings. The lowest BCUT2D eigenvalue weighted by molar-refractivity contribution is 0.404. The second-order valence-corrected chi connectivity index (χ2v) is 3.68. The Balaban J connectivity index is 3.59. The Morgan fingerprint density at radius 3 is 2.09 bits per heavy atom. The van der Waals surface area contributed by atoms with Crippen LogP contribution in [-0.2, 0) is 0 Å².